The van der Waals surface area contributed by atoms with E-state index >= 15 is 0 Å². The van der Waals surface area contributed by atoms with Gasteiger partial charge in [-0.15, -0.1) is 0 Å². The van der Waals surface area contributed by atoms with Crippen LogP contribution in [0, 0.1) is 0 Å². The molecule has 26 heavy (non-hydrogen) atoms. The Morgan fingerprint density at radius 1 is 1.23 bits per heavy atom. The predicted molar refractivity (Wildman–Crippen MR) is 100.0 cm³/mol. The van der Waals surface area contributed by atoms with E-state index in [2.05, 4.69) is 30.5 Å². The summed E-state index contributed by atoms with van der Waals surface area (Å²) < 4.78 is 0. The lowest BCUT2D eigenvalue weighted by atomic mass is 9.99. The summed E-state index contributed by atoms with van der Waals surface area (Å²) in [5.74, 6) is 2.00. The quantitative estimate of drug-likeness (QED) is 0.560. The van der Waals surface area contributed by atoms with Crippen molar-refractivity contribution in [1.29, 1.82) is 0 Å². The minimum absolute atomic E-state index is 0.316. The summed E-state index contributed by atoms with van der Waals surface area (Å²) in [7, 11) is 0. The van der Waals surface area contributed by atoms with E-state index in [-0.39, 0.29) is 0 Å². The third kappa shape index (κ3) is 3.29. The van der Waals surface area contributed by atoms with Gasteiger partial charge in [0.2, 0.25) is 5.82 Å². The monoisotopic (exact) mass is 350 g/mol. The van der Waals surface area contributed by atoms with Gasteiger partial charge >= 0.3 is 0 Å². The molecule has 6 N–H and O–H groups in total. The largest absolute Gasteiger partial charge is 0.382 e. The van der Waals surface area contributed by atoms with Gasteiger partial charge in [-0.25, -0.2) is 15.0 Å². The third-order valence-corrected chi connectivity index (χ3v) is 4.66. The van der Waals surface area contributed by atoms with Crippen LogP contribution in [-0.4, -0.2) is 38.2 Å². The predicted octanol–water partition coefficient (Wildman–Crippen LogP) is 1.44. The number of nitrogens with zero attached hydrogens (tertiary/aromatic N) is 4. The van der Waals surface area contributed by atoms with Crippen LogP contribution in [0.25, 0.3) is 22.8 Å². The molecule has 0 amide bonds. The second-order valence-corrected chi connectivity index (χ2v) is 6.48. The SMILES string of the molecule is NCc1cccc(-c2cnc(N)c(-c3n[nH]c(C4CCCNC4)n3)n2)c1. The zero-order chi connectivity index (χ0) is 17.9. The Kier molecular flexibility index (Phi) is 4.59. The average Bonchev–Trinajstić information content (AvgIpc) is 3.19. The molecule has 0 aliphatic carbocycles. The summed E-state index contributed by atoms with van der Waals surface area (Å²) in [4.78, 5) is 13.6. The lowest BCUT2D eigenvalue weighted by Gasteiger charge is -2.20. The molecule has 1 aromatic carbocycles. The van der Waals surface area contributed by atoms with E-state index in [4.69, 9.17) is 11.5 Å². The van der Waals surface area contributed by atoms with E-state index in [0.717, 1.165) is 48.6 Å². The molecule has 0 spiro atoms. The zero-order valence-electron chi connectivity index (χ0n) is 14.4. The highest BCUT2D eigenvalue weighted by molar-refractivity contribution is 5.69. The standard InChI is InChI=1S/C18H22N8/c19-8-11-3-1-4-12(7-11)14-10-22-16(20)15(23-14)18-24-17(25-26-18)13-5-2-6-21-9-13/h1,3-4,7,10,13,21H,2,5-6,8-9,19H2,(H2,20,22)(H,24,25,26). The Morgan fingerprint density at radius 2 is 2.15 bits per heavy atom. The van der Waals surface area contributed by atoms with E-state index in [0.29, 0.717) is 29.8 Å². The average molecular weight is 350 g/mol. The van der Waals surface area contributed by atoms with Gasteiger partial charge in [0.05, 0.1) is 11.9 Å². The van der Waals surface area contributed by atoms with E-state index in [9.17, 15) is 0 Å². The van der Waals surface area contributed by atoms with Crippen LogP contribution >= 0.6 is 0 Å². The summed E-state index contributed by atoms with van der Waals surface area (Å²) in [6, 6.07) is 7.91. The topological polar surface area (TPSA) is 131 Å². The molecule has 2 aromatic heterocycles. The smallest absolute Gasteiger partial charge is 0.203 e. The number of hydrogen-bond acceptors (Lipinski definition) is 7. The van der Waals surface area contributed by atoms with Crippen molar-refractivity contribution in [2.24, 2.45) is 5.73 Å². The van der Waals surface area contributed by atoms with Crippen molar-refractivity contribution < 1.29 is 0 Å². The van der Waals surface area contributed by atoms with Gasteiger partial charge in [0.1, 0.15) is 5.82 Å². The summed E-state index contributed by atoms with van der Waals surface area (Å²) in [5.41, 5.74) is 15.0. The molecular weight excluding hydrogens is 328 g/mol. The van der Waals surface area contributed by atoms with Gasteiger partial charge in [0.25, 0.3) is 0 Å². The fourth-order valence-corrected chi connectivity index (χ4v) is 3.21. The molecular formula is C18H22N8. The molecule has 8 nitrogen and oxygen atoms in total. The van der Waals surface area contributed by atoms with Crippen LogP contribution in [0.5, 0.6) is 0 Å². The molecule has 1 aliphatic rings. The molecule has 1 aliphatic heterocycles. The minimum Gasteiger partial charge on any atom is -0.382 e. The number of nitrogens with one attached hydrogen (secondary N) is 2. The van der Waals surface area contributed by atoms with Crippen molar-refractivity contribution in [1.82, 2.24) is 30.5 Å². The number of nitrogens with two attached hydrogens (primary N) is 2. The Bertz CT molecular complexity index is 898. The van der Waals surface area contributed by atoms with Crippen molar-refractivity contribution >= 4 is 5.82 Å². The fraction of sp³-hybridized carbons (Fsp3) is 0.333. The van der Waals surface area contributed by atoms with Crippen molar-refractivity contribution in [2.75, 3.05) is 18.8 Å². The number of nitrogen functional groups attached to an aromatic ring is 1. The first-order valence-corrected chi connectivity index (χ1v) is 8.80. The van der Waals surface area contributed by atoms with Crippen LogP contribution in [0.4, 0.5) is 5.82 Å². The summed E-state index contributed by atoms with van der Waals surface area (Å²) >= 11 is 0. The minimum atomic E-state index is 0.316. The van der Waals surface area contributed by atoms with Crippen molar-refractivity contribution in [3.05, 3.63) is 41.9 Å². The summed E-state index contributed by atoms with van der Waals surface area (Å²) in [6.45, 7) is 2.43. The highest BCUT2D eigenvalue weighted by Gasteiger charge is 2.21. The lowest BCUT2D eigenvalue weighted by Crippen LogP contribution is -2.28. The van der Waals surface area contributed by atoms with Gasteiger partial charge in [-0.2, -0.15) is 5.10 Å². The Morgan fingerprint density at radius 3 is 2.96 bits per heavy atom. The number of H-pyrrole nitrogens is 1. The second kappa shape index (κ2) is 7.19. The van der Waals surface area contributed by atoms with Crippen molar-refractivity contribution in [3.63, 3.8) is 0 Å². The molecule has 4 rings (SSSR count). The maximum atomic E-state index is 6.04. The number of rotatable bonds is 4. The van der Waals surface area contributed by atoms with Crippen LogP contribution in [0.15, 0.2) is 30.5 Å². The Labute approximate surface area is 151 Å². The van der Waals surface area contributed by atoms with E-state index in [1.54, 1.807) is 6.20 Å². The Balaban J connectivity index is 1.67. The van der Waals surface area contributed by atoms with Crippen molar-refractivity contribution in [3.8, 4) is 22.8 Å². The molecule has 3 heterocycles. The molecule has 3 aromatic rings. The molecule has 1 atom stereocenters. The van der Waals surface area contributed by atoms with Gasteiger partial charge in [0, 0.05) is 24.6 Å². The normalized spacial score (nSPS) is 17.3. The number of anilines is 1. The first-order chi connectivity index (χ1) is 12.7. The van der Waals surface area contributed by atoms with Gasteiger partial charge in [-0.3, -0.25) is 5.10 Å². The fourth-order valence-electron chi connectivity index (χ4n) is 3.21. The van der Waals surface area contributed by atoms with Gasteiger partial charge in [-0.1, -0.05) is 18.2 Å². The van der Waals surface area contributed by atoms with E-state index in [1.807, 2.05) is 24.3 Å². The highest BCUT2D eigenvalue weighted by Crippen LogP contribution is 2.26. The summed E-state index contributed by atoms with van der Waals surface area (Å²) in [5, 5.41) is 10.7. The first kappa shape index (κ1) is 16.6. The molecule has 0 bridgehead atoms. The first-order valence-electron chi connectivity index (χ1n) is 8.80. The number of aromatic amines is 1. The molecule has 134 valence electrons. The molecule has 1 fully saturated rings. The number of hydrogen-bond donors (Lipinski definition) is 4. The van der Waals surface area contributed by atoms with Crippen LogP contribution < -0.4 is 16.8 Å². The lowest BCUT2D eigenvalue weighted by molar-refractivity contribution is 0.447. The molecule has 0 radical (unpaired) electrons. The number of aromatic nitrogens is 5. The zero-order valence-corrected chi connectivity index (χ0v) is 14.4. The van der Waals surface area contributed by atoms with Crippen molar-refractivity contribution in [2.45, 2.75) is 25.3 Å². The second-order valence-electron chi connectivity index (χ2n) is 6.48. The van der Waals surface area contributed by atoms with E-state index < -0.39 is 0 Å². The number of benzene rings is 1. The van der Waals surface area contributed by atoms with Crippen LogP contribution in [0.2, 0.25) is 0 Å². The molecule has 1 unspecified atom stereocenters. The summed E-state index contributed by atoms with van der Waals surface area (Å²) in [6.07, 6.45) is 3.89. The number of piperidine rings is 1. The highest BCUT2D eigenvalue weighted by atomic mass is 15.2. The van der Waals surface area contributed by atoms with Crippen LogP contribution in [0.1, 0.15) is 30.1 Å². The van der Waals surface area contributed by atoms with Gasteiger partial charge in [-0.05, 0) is 31.0 Å². The molecule has 0 saturated carbocycles. The van der Waals surface area contributed by atoms with E-state index in [1.165, 1.54) is 0 Å². The molecule has 8 heteroatoms. The van der Waals surface area contributed by atoms with Gasteiger partial charge in [0.15, 0.2) is 11.5 Å². The van der Waals surface area contributed by atoms with Gasteiger partial charge < -0.3 is 16.8 Å². The maximum Gasteiger partial charge on any atom is 0.203 e. The maximum absolute atomic E-state index is 6.04. The third-order valence-electron chi connectivity index (χ3n) is 4.66. The molecule has 1 saturated heterocycles. The Hall–Kier alpha value is -2.84. The van der Waals surface area contributed by atoms with Crippen LogP contribution in [-0.2, 0) is 6.54 Å². The van der Waals surface area contributed by atoms with Crippen LogP contribution in [0.3, 0.4) is 0 Å².